The Hall–Kier alpha value is -1.37. The van der Waals surface area contributed by atoms with Crippen molar-refractivity contribution in [3.05, 3.63) is 36.9 Å². The van der Waals surface area contributed by atoms with E-state index in [0.29, 0.717) is 32.0 Å². The highest BCUT2D eigenvalue weighted by Gasteiger charge is 2.21. The van der Waals surface area contributed by atoms with Crippen LogP contribution in [0.3, 0.4) is 0 Å². The molecule has 0 radical (unpaired) electrons. The lowest BCUT2D eigenvalue weighted by Crippen LogP contribution is -2.30. The lowest BCUT2D eigenvalue weighted by molar-refractivity contribution is 0.313. The van der Waals surface area contributed by atoms with E-state index in [-0.39, 0.29) is 4.90 Å². The zero-order valence-corrected chi connectivity index (χ0v) is 12.6. The van der Waals surface area contributed by atoms with Gasteiger partial charge in [0.25, 0.3) is 0 Å². The quantitative estimate of drug-likeness (QED) is 0.555. The smallest absolute Gasteiger partial charge is 0.243 e. The summed E-state index contributed by atoms with van der Waals surface area (Å²) in [5.41, 5.74) is 5.38. The van der Waals surface area contributed by atoms with Crippen molar-refractivity contribution < 1.29 is 13.2 Å². The lowest BCUT2D eigenvalue weighted by Gasteiger charge is -2.18. The van der Waals surface area contributed by atoms with Crippen LogP contribution in [0.2, 0.25) is 0 Å². The Morgan fingerprint density at radius 2 is 2.00 bits per heavy atom. The fourth-order valence-corrected chi connectivity index (χ4v) is 3.09. The zero-order chi connectivity index (χ0) is 15.0. The lowest BCUT2D eigenvalue weighted by atomic mass is 10.3. The van der Waals surface area contributed by atoms with Crippen molar-refractivity contribution in [1.29, 1.82) is 0 Å². The fourth-order valence-electron chi connectivity index (χ4n) is 1.67. The van der Waals surface area contributed by atoms with Crippen molar-refractivity contribution in [2.45, 2.75) is 18.2 Å². The minimum absolute atomic E-state index is 0.257. The van der Waals surface area contributed by atoms with Crippen molar-refractivity contribution >= 4 is 10.0 Å². The minimum atomic E-state index is -3.47. The van der Waals surface area contributed by atoms with E-state index in [2.05, 4.69) is 6.58 Å². The molecular weight excluding hydrogens is 276 g/mol. The summed E-state index contributed by atoms with van der Waals surface area (Å²) in [6, 6.07) is 6.42. The molecule has 0 bridgehead atoms. The molecular formula is C14H22N2O3S. The van der Waals surface area contributed by atoms with Gasteiger partial charge in [0.15, 0.2) is 0 Å². The van der Waals surface area contributed by atoms with Crippen LogP contribution in [0, 0.1) is 0 Å². The third kappa shape index (κ3) is 4.33. The number of nitrogens with zero attached hydrogens (tertiary/aromatic N) is 1. The Balaban J connectivity index is 2.83. The van der Waals surface area contributed by atoms with Gasteiger partial charge in [0, 0.05) is 13.1 Å². The fraction of sp³-hybridized carbons (Fsp3) is 0.429. The Morgan fingerprint density at radius 1 is 1.35 bits per heavy atom. The number of sulfonamides is 1. The Labute approximate surface area is 121 Å². The Morgan fingerprint density at radius 3 is 2.50 bits per heavy atom. The summed E-state index contributed by atoms with van der Waals surface area (Å²) in [7, 11) is -3.47. The average Bonchev–Trinajstić information content (AvgIpc) is 2.45. The van der Waals surface area contributed by atoms with Crippen LogP contribution in [0.5, 0.6) is 5.75 Å². The van der Waals surface area contributed by atoms with Crippen LogP contribution in [-0.2, 0) is 10.0 Å². The summed E-state index contributed by atoms with van der Waals surface area (Å²) >= 11 is 0. The van der Waals surface area contributed by atoms with Gasteiger partial charge in [0.05, 0.1) is 11.5 Å². The van der Waals surface area contributed by atoms with Gasteiger partial charge in [-0.15, -0.1) is 6.58 Å². The van der Waals surface area contributed by atoms with E-state index in [1.807, 2.05) is 0 Å². The first kappa shape index (κ1) is 16.7. The predicted molar refractivity (Wildman–Crippen MR) is 80.2 cm³/mol. The molecule has 1 aromatic rings. The summed E-state index contributed by atoms with van der Waals surface area (Å²) in [5, 5.41) is 0. The van der Waals surface area contributed by atoms with E-state index in [0.717, 1.165) is 6.42 Å². The van der Waals surface area contributed by atoms with Gasteiger partial charge in [-0.3, -0.25) is 0 Å². The van der Waals surface area contributed by atoms with Crippen molar-refractivity contribution in [3.63, 3.8) is 0 Å². The molecule has 6 heteroatoms. The second-order valence-electron chi connectivity index (χ2n) is 4.21. The minimum Gasteiger partial charge on any atom is -0.494 e. The van der Waals surface area contributed by atoms with Crippen LogP contribution in [0.15, 0.2) is 41.8 Å². The molecule has 0 aliphatic carbocycles. The molecule has 0 saturated carbocycles. The van der Waals surface area contributed by atoms with Crippen LogP contribution in [0.25, 0.3) is 0 Å². The van der Waals surface area contributed by atoms with E-state index in [4.69, 9.17) is 10.5 Å². The molecule has 1 aromatic carbocycles. The molecule has 112 valence electrons. The first-order valence-corrected chi connectivity index (χ1v) is 8.04. The summed E-state index contributed by atoms with van der Waals surface area (Å²) in [6.45, 7) is 7.17. The second kappa shape index (κ2) is 8.04. The molecule has 20 heavy (non-hydrogen) atoms. The third-order valence-corrected chi connectivity index (χ3v) is 4.72. The SMILES string of the molecule is C=CCN(CC)S(=O)(=O)c1ccc(OCCCN)cc1. The highest BCUT2D eigenvalue weighted by molar-refractivity contribution is 7.89. The van der Waals surface area contributed by atoms with E-state index in [1.54, 1.807) is 37.3 Å². The third-order valence-electron chi connectivity index (χ3n) is 2.76. The van der Waals surface area contributed by atoms with Crippen LogP contribution in [0.1, 0.15) is 13.3 Å². The molecule has 5 nitrogen and oxygen atoms in total. The first-order valence-electron chi connectivity index (χ1n) is 6.60. The molecule has 0 fully saturated rings. The number of ether oxygens (including phenoxy) is 1. The van der Waals surface area contributed by atoms with Gasteiger partial charge in [-0.1, -0.05) is 13.0 Å². The Bertz CT molecular complexity index is 512. The zero-order valence-electron chi connectivity index (χ0n) is 11.8. The molecule has 0 amide bonds. The Kier molecular flexibility index (Phi) is 6.70. The monoisotopic (exact) mass is 298 g/mol. The highest BCUT2D eigenvalue weighted by atomic mass is 32.2. The van der Waals surface area contributed by atoms with Crippen molar-refractivity contribution in [3.8, 4) is 5.75 Å². The highest BCUT2D eigenvalue weighted by Crippen LogP contribution is 2.19. The maximum atomic E-state index is 12.3. The number of benzene rings is 1. The number of hydrogen-bond donors (Lipinski definition) is 1. The number of rotatable bonds is 9. The van der Waals surface area contributed by atoms with Gasteiger partial charge in [-0.05, 0) is 37.2 Å². The molecule has 1 rings (SSSR count). The van der Waals surface area contributed by atoms with Crippen molar-refractivity contribution in [2.24, 2.45) is 5.73 Å². The summed E-state index contributed by atoms with van der Waals surface area (Å²) in [4.78, 5) is 0.257. The van der Waals surface area contributed by atoms with E-state index < -0.39 is 10.0 Å². The van der Waals surface area contributed by atoms with E-state index in [9.17, 15) is 8.42 Å². The van der Waals surface area contributed by atoms with Crippen LogP contribution < -0.4 is 10.5 Å². The second-order valence-corrected chi connectivity index (χ2v) is 6.14. The molecule has 0 unspecified atom stereocenters. The maximum Gasteiger partial charge on any atom is 0.243 e. The number of hydrogen-bond acceptors (Lipinski definition) is 4. The first-order chi connectivity index (χ1) is 9.56. The standard InChI is InChI=1S/C14H22N2O3S/c1-3-11-16(4-2)20(17,18)14-8-6-13(7-9-14)19-12-5-10-15/h3,6-9H,1,4-5,10-12,15H2,2H3. The van der Waals surface area contributed by atoms with E-state index in [1.165, 1.54) is 4.31 Å². The molecule has 0 atom stereocenters. The van der Waals surface area contributed by atoms with Crippen molar-refractivity contribution in [1.82, 2.24) is 4.31 Å². The van der Waals surface area contributed by atoms with Gasteiger partial charge in [0.2, 0.25) is 10.0 Å². The van der Waals surface area contributed by atoms with Gasteiger partial charge < -0.3 is 10.5 Å². The largest absolute Gasteiger partial charge is 0.494 e. The predicted octanol–water partition coefficient (Wildman–Crippen LogP) is 1.61. The normalized spacial score (nSPS) is 11.6. The molecule has 0 heterocycles. The summed E-state index contributed by atoms with van der Waals surface area (Å²) in [6.07, 6.45) is 2.34. The molecule has 0 aliphatic heterocycles. The van der Waals surface area contributed by atoms with Crippen LogP contribution >= 0.6 is 0 Å². The average molecular weight is 298 g/mol. The van der Waals surface area contributed by atoms with Crippen LogP contribution in [0.4, 0.5) is 0 Å². The molecule has 0 saturated heterocycles. The van der Waals surface area contributed by atoms with E-state index >= 15 is 0 Å². The topological polar surface area (TPSA) is 72.6 Å². The van der Waals surface area contributed by atoms with Gasteiger partial charge in [-0.2, -0.15) is 4.31 Å². The maximum absolute atomic E-state index is 12.3. The summed E-state index contributed by atoms with van der Waals surface area (Å²) in [5.74, 6) is 0.643. The molecule has 0 spiro atoms. The van der Waals surface area contributed by atoms with Gasteiger partial charge >= 0.3 is 0 Å². The number of likely N-dealkylation sites (N-methyl/N-ethyl adjacent to an activating group) is 1. The van der Waals surface area contributed by atoms with Crippen LogP contribution in [-0.4, -0.2) is 39.0 Å². The van der Waals surface area contributed by atoms with Crippen molar-refractivity contribution in [2.75, 3.05) is 26.2 Å². The summed E-state index contributed by atoms with van der Waals surface area (Å²) < 4.78 is 31.5. The molecule has 2 N–H and O–H groups in total. The molecule has 0 aliphatic rings. The number of nitrogens with two attached hydrogens (primary N) is 1. The van der Waals surface area contributed by atoms with Gasteiger partial charge in [-0.25, -0.2) is 8.42 Å². The van der Waals surface area contributed by atoms with Gasteiger partial charge in [0.1, 0.15) is 5.75 Å². The molecule has 0 aromatic heterocycles.